The van der Waals surface area contributed by atoms with E-state index in [4.69, 9.17) is 26.4 Å². The molecule has 10 nitrogen and oxygen atoms in total. The largest absolute Gasteiger partial charge is 0.372 e. The van der Waals surface area contributed by atoms with Crippen LogP contribution in [0.4, 0.5) is 5.13 Å². The smallest absolute Gasteiger partial charge is 0.251 e. The van der Waals surface area contributed by atoms with E-state index in [1.807, 2.05) is 35.1 Å². The molecule has 2 unspecified atom stereocenters. The highest BCUT2D eigenvalue weighted by Crippen LogP contribution is 2.45. The van der Waals surface area contributed by atoms with Gasteiger partial charge in [0, 0.05) is 61.2 Å². The number of ether oxygens (including phenoxy) is 1. The quantitative estimate of drug-likeness (QED) is 0.275. The van der Waals surface area contributed by atoms with Crippen molar-refractivity contribution < 1.29 is 14.3 Å². The number of morpholine rings is 1. The zero-order valence-corrected chi connectivity index (χ0v) is 27.2. The number of aryl methyl sites for hydroxylation is 1. The van der Waals surface area contributed by atoms with E-state index in [0.717, 1.165) is 84.7 Å². The number of hydrogen-bond donors (Lipinski definition) is 2. The number of benzene rings is 1. The van der Waals surface area contributed by atoms with Crippen LogP contribution in [0.3, 0.4) is 0 Å². The van der Waals surface area contributed by atoms with Crippen molar-refractivity contribution in [2.75, 3.05) is 18.4 Å². The van der Waals surface area contributed by atoms with Gasteiger partial charge in [0.2, 0.25) is 5.91 Å². The van der Waals surface area contributed by atoms with E-state index in [9.17, 15) is 9.59 Å². The number of aromatic nitrogens is 4. The Morgan fingerprint density at radius 1 is 1.04 bits per heavy atom. The van der Waals surface area contributed by atoms with Crippen LogP contribution < -0.4 is 10.6 Å². The highest BCUT2D eigenvalue weighted by atomic mass is 35.5. The van der Waals surface area contributed by atoms with E-state index in [1.165, 1.54) is 31.1 Å². The lowest BCUT2D eigenvalue weighted by molar-refractivity contribution is -0.114. The summed E-state index contributed by atoms with van der Waals surface area (Å²) < 4.78 is 7.89. The fourth-order valence-electron chi connectivity index (χ4n) is 7.60. The molecule has 4 aliphatic rings. The minimum absolute atomic E-state index is 0.107. The zero-order valence-electron chi connectivity index (χ0n) is 25.7. The number of nitrogens with zero attached hydrogens (tertiary/aromatic N) is 5. The molecule has 46 heavy (non-hydrogen) atoms. The normalized spacial score (nSPS) is 23.9. The molecular formula is C34H36ClN7O3S. The summed E-state index contributed by atoms with van der Waals surface area (Å²) in [7, 11) is 0. The molecule has 2 bridgehead atoms. The first-order valence-electron chi connectivity index (χ1n) is 16.2. The molecule has 2 saturated heterocycles. The molecule has 5 heterocycles. The molecule has 0 spiro atoms. The van der Waals surface area contributed by atoms with Gasteiger partial charge in [0.15, 0.2) is 5.13 Å². The van der Waals surface area contributed by atoms with E-state index in [1.54, 1.807) is 12.3 Å². The van der Waals surface area contributed by atoms with Crippen molar-refractivity contribution in [1.82, 2.24) is 30.0 Å². The molecule has 2 atom stereocenters. The van der Waals surface area contributed by atoms with Gasteiger partial charge in [-0.15, -0.1) is 0 Å². The molecule has 3 aromatic heterocycles. The zero-order chi connectivity index (χ0) is 31.4. The second-order valence-electron chi connectivity index (χ2n) is 12.9. The van der Waals surface area contributed by atoms with Gasteiger partial charge >= 0.3 is 0 Å². The monoisotopic (exact) mass is 657 g/mol. The van der Waals surface area contributed by atoms with Gasteiger partial charge in [-0.3, -0.25) is 19.5 Å². The maximum Gasteiger partial charge on any atom is 0.251 e. The number of rotatable bonds is 6. The summed E-state index contributed by atoms with van der Waals surface area (Å²) in [5.74, 6) is -0.269. The molecule has 1 saturated carbocycles. The summed E-state index contributed by atoms with van der Waals surface area (Å²) in [6.45, 7) is 3.58. The van der Waals surface area contributed by atoms with Crippen LogP contribution in [-0.4, -0.2) is 73.8 Å². The van der Waals surface area contributed by atoms with Crippen LogP contribution in [0.2, 0.25) is 5.02 Å². The van der Waals surface area contributed by atoms with Crippen molar-refractivity contribution in [3.05, 3.63) is 64.6 Å². The summed E-state index contributed by atoms with van der Waals surface area (Å²) in [5, 5.41) is 12.2. The van der Waals surface area contributed by atoms with E-state index < -0.39 is 0 Å². The van der Waals surface area contributed by atoms with Gasteiger partial charge in [-0.2, -0.15) is 5.10 Å². The molecule has 2 aliphatic heterocycles. The van der Waals surface area contributed by atoms with Gasteiger partial charge in [0.1, 0.15) is 0 Å². The Morgan fingerprint density at radius 2 is 1.85 bits per heavy atom. The molecule has 2 amide bonds. The van der Waals surface area contributed by atoms with Gasteiger partial charge in [-0.1, -0.05) is 22.9 Å². The standard InChI is InChI=1S/C34H36ClN7O3S/c1-19(43)37-34-39-28-12-11-26-30(21-3-2-14-36-16-21)40-42(31(26)32(28)46-34)29-13-4-20(15-27(29)35)33(44)38-22-5-7-23(8-6-22)41-17-24-9-10-25(18-41)45-24/h2-4,13-16,22-25H,5-12,17-18H2,1H3,(H,38,44)(H,37,39,43)/t22-,23-,24?,25?. The summed E-state index contributed by atoms with van der Waals surface area (Å²) in [6.07, 6.45) is 12.4. The maximum absolute atomic E-state index is 13.4. The minimum Gasteiger partial charge on any atom is -0.372 e. The minimum atomic E-state index is -0.162. The second-order valence-corrected chi connectivity index (χ2v) is 14.3. The summed E-state index contributed by atoms with van der Waals surface area (Å²) in [6, 6.07) is 10.1. The first-order valence-corrected chi connectivity index (χ1v) is 17.4. The van der Waals surface area contributed by atoms with Crippen molar-refractivity contribution in [2.45, 2.75) is 82.6 Å². The lowest BCUT2D eigenvalue weighted by Crippen LogP contribution is -2.50. The van der Waals surface area contributed by atoms with Crippen LogP contribution in [0.5, 0.6) is 0 Å². The molecule has 2 aliphatic carbocycles. The average Bonchev–Trinajstić information content (AvgIpc) is 3.75. The van der Waals surface area contributed by atoms with Crippen molar-refractivity contribution in [3.63, 3.8) is 0 Å². The van der Waals surface area contributed by atoms with Crippen molar-refractivity contribution in [3.8, 4) is 27.5 Å². The molecule has 2 N–H and O–H groups in total. The van der Waals surface area contributed by atoms with Gasteiger partial charge in [-0.25, -0.2) is 9.67 Å². The number of hydrogen-bond acceptors (Lipinski definition) is 8. The topological polar surface area (TPSA) is 114 Å². The van der Waals surface area contributed by atoms with E-state index in [0.29, 0.717) is 39.7 Å². The number of nitrogens with one attached hydrogen (secondary N) is 2. The Bertz CT molecular complexity index is 1790. The predicted molar refractivity (Wildman–Crippen MR) is 178 cm³/mol. The van der Waals surface area contributed by atoms with Crippen molar-refractivity contribution in [1.29, 1.82) is 0 Å². The molecule has 0 radical (unpaired) electrons. The van der Waals surface area contributed by atoms with Crippen LogP contribution in [0.25, 0.3) is 27.5 Å². The summed E-state index contributed by atoms with van der Waals surface area (Å²) >= 11 is 8.38. The Labute approximate surface area is 276 Å². The average molecular weight is 658 g/mol. The van der Waals surface area contributed by atoms with Gasteiger partial charge in [-0.05, 0) is 81.7 Å². The van der Waals surface area contributed by atoms with Gasteiger partial charge < -0.3 is 15.4 Å². The third kappa shape index (κ3) is 5.63. The number of amides is 2. The Kier molecular flexibility index (Phi) is 7.88. The van der Waals surface area contributed by atoms with E-state index in [2.05, 4.69) is 20.5 Å². The Hall–Kier alpha value is -3.64. The van der Waals surface area contributed by atoms with Crippen molar-refractivity contribution in [2.24, 2.45) is 0 Å². The second kappa shape index (κ2) is 12.2. The number of carbonyl (C=O) groups excluding carboxylic acids is 2. The fourth-order valence-corrected chi connectivity index (χ4v) is 8.98. The number of anilines is 1. The number of halogens is 1. The summed E-state index contributed by atoms with van der Waals surface area (Å²) in [4.78, 5) is 37.8. The van der Waals surface area contributed by atoms with Gasteiger partial charge in [0.25, 0.3) is 5.91 Å². The van der Waals surface area contributed by atoms with Crippen LogP contribution in [0, 0.1) is 0 Å². The van der Waals surface area contributed by atoms with Crippen LogP contribution in [0.1, 0.15) is 67.1 Å². The number of carbonyl (C=O) groups is 2. The molecule has 8 rings (SSSR count). The summed E-state index contributed by atoms with van der Waals surface area (Å²) in [5.41, 5.74) is 5.85. The number of thiazole rings is 1. The Morgan fingerprint density at radius 3 is 2.57 bits per heavy atom. The lowest BCUT2D eigenvalue weighted by Gasteiger charge is -2.41. The fraction of sp³-hybridized carbons (Fsp3) is 0.441. The Balaban J connectivity index is 1.03. The van der Waals surface area contributed by atoms with Gasteiger partial charge in [0.05, 0.1) is 44.9 Å². The van der Waals surface area contributed by atoms with E-state index in [-0.39, 0.29) is 17.9 Å². The highest BCUT2D eigenvalue weighted by molar-refractivity contribution is 7.19. The van der Waals surface area contributed by atoms with E-state index >= 15 is 0 Å². The number of likely N-dealkylation sites (tertiary alicyclic amines) is 1. The third-order valence-corrected chi connectivity index (χ3v) is 11.1. The maximum atomic E-state index is 13.4. The van der Waals surface area contributed by atoms with Crippen LogP contribution >= 0.6 is 22.9 Å². The predicted octanol–water partition coefficient (Wildman–Crippen LogP) is 5.67. The first-order chi connectivity index (χ1) is 22.4. The molecule has 1 aromatic carbocycles. The molecule has 12 heteroatoms. The lowest BCUT2D eigenvalue weighted by atomic mass is 9.89. The van der Waals surface area contributed by atoms with Crippen LogP contribution in [-0.2, 0) is 22.4 Å². The third-order valence-electron chi connectivity index (χ3n) is 9.78. The number of fused-ring (bicyclic) bond motifs is 5. The number of pyridine rings is 1. The highest BCUT2D eigenvalue weighted by Gasteiger charge is 2.38. The molecule has 238 valence electrons. The first kappa shape index (κ1) is 29.7. The molecule has 3 fully saturated rings. The SMILES string of the molecule is CC(=O)Nc1nc2c(s1)-c1c(c(-c3cccnc3)nn1-c1ccc(C(=O)N[C@H]3CC[C@H](N4CC5CCC(C4)O5)CC3)cc1Cl)CC2. The van der Waals surface area contributed by atoms with Crippen molar-refractivity contribution >= 4 is 39.9 Å². The van der Waals surface area contributed by atoms with Crippen LogP contribution in [0.15, 0.2) is 42.7 Å². The molecule has 4 aromatic rings. The molecular weight excluding hydrogens is 622 g/mol.